The van der Waals surface area contributed by atoms with Gasteiger partial charge in [0.25, 0.3) is 0 Å². The Kier molecular flexibility index (Phi) is 6.82. The molecule has 39 heavy (non-hydrogen) atoms. The summed E-state index contributed by atoms with van der Waals surface area (Å²) >= 11 is 0. The third-order valence-electron chi connectivity index (χ3n) is 11.6. The summed E-state index contributed by atoms with van der Waals surface area (Å²) in [6.45, 7) is 15.5. The van der Waals surface area contributed by atoms with Gasteiger partial charge in [0, 0.05) is 18.3 Å². The number of esters is 1. The Labute approximate surface area is 234 Å². The second kappa shape index (κ2) is 9.11. The molecule has 4 aliphatic carbocycles. The van der Waals surface area contributed by atoms with E-state index < -0.39 is 28.0 Å². The smallest absolute Gasteiger partial charge is 0.302 e. The standard InChI is InChI=1S/C32H50O7/c1-19(33)37-20-9-14-29(6)21-10-15-30(7)25(11-16-32(30,36)22(21)18-24(34)23(29)17-20)31(8)26(12-13-27(2,3)35)38-28(4,5)39-31/h18,20-21,23,25-26,35-36H,9-17H2,1-8H3/t20-,21+,23+,25+,26-,29-,30-,31-,32-/m1/s1. The molecule has 0 bridgehead atoms. The summed E-state index contributed by atoms with van der Waals surface area (Å²) in [4.78, 5) is 25.3. The van der Waals surface area contributed by atoms with Crippen LogP contribution >= 0.6 is 0 Å². The summed E-state index contributed by atoms with van der Waals surface area (Å²) in [5, 5.41) is 23.1. The quantitative estimate of drug-likeness (QED) is 0.454. The van der Waals surface area contributed by atoms with Gasteiger partial charge in [0.2, 0.25) is 0 Å². The molecule has 7 nitrogen and oxygen atoms in total. The molecule has 5 rings (SSSR count). The summed E-state index contributed by atoms with van der Waals surface area (Å²) < 4.78 is 18.7. The van der Waals surface area contributed by atoms with Gasteiger partial charge in [-0.3, -0.25) is 9.59 Å². The van der Waals surface area contributed by atoms with Crippen LogP contribution in [0.1, 0.15) is 113 Å². The molecule has 0 aromatic carbocycles. The van der Waals surface area contributed by atoms with Crippen LogP contribution in [0.25, 0.3) is 0 Å². The van der Waals surface area contributed by atoms with Crippen molar-refractivity contribution < 1.29 is 34.0 Å². The third-order valence-corrected chi connectivity index (χ3v) is 11.6. The first-order valence-corrected chi connectivity index (χ1v) is 15.1. The van der Waals surface area contributed by atoms with Gasteiger partial charge < -0.3 is 24.4 Å². The Morgan fingerprint density at radius 3 is 2.41 bits per heavy atom. The molecule has 1 aliphatic heterocycles. The fourth-order valence-electron chi connectivity index (χ4n) is 9.77. The maximum Gasteiger partial charge on any atom is 0.302 e. The van der Waals surface area contributed by atoms with Crippen molar-refractivity contribution >= 4 is 11.8 Å². The topological polar surface area (TPSA) is 102 Å². The van der Waals surface area contributed by atoms with Gasteiger partial charge in [-0.15, -0.1) is 0 Å². The van der Waals surface area contributed by atoms with Gasteiger partial charge in [-0.2, -0.15) is 0 Å². The summed E-state index contributed by atoms with van der Waals surface area (Å²) in [6, 6.07) is 0. The van der Waals surface area contributed by atoms with Crippen molar-refractivity contribution in [1.82, 2.24) is 0 Å². The first kappa shape index (κ1) is 29.2. The van der Waals surface area contributed by atoms with Crippen LogP contribution in [-0.4, -0.2) is 56.8 Å². The molecule has 4 fully saturated rings. The van der Waals surface area contributed by atoms with E-state index in [9.17, 15) is 19.8 Å². The number of allylic oxidation sites excluding steroid dienone is 1. The van der Waals surface area contributed by atoms with E-state index in [4.69, 9.17) is 14.2 Å². The molecule has 9 atom stereocenters. The van der Waals surface area contributed by atoms with Gasteiger partial charge in [0.1, 0.15) is 6.10 Å². The first-order chi connectivity index (χ1) is 17.8. The van der Waals surface area contributed by atoms with Gasteiger partial charge in [-0.05, 0) is 121 Å². The van der Waals surface area contributed by atoms with Crippen molar-refractivity contribution in [2.45, 2.75) is 148 Å². The second-order valence-electron chi connectivity index (χ2n) is 15.2. The highest BCUT2D eigenvalue weighted by atomic mass is 16.8. The van der Waals surface area contributed by atoms with E-state index in [2.05, 4.69) is 20.8 Å². The molecule has 5 aliphatic rings. The maximum atomic E-state index is 13.7. The molecule has 0 unspecified atom stereocenters. The molecule has 220 valence electrons. The van der Waals surface area contributed by atoms with Crippen LogP contribution in [0.15, 0.2) is 11.6 Å². The minimum Gasteiger partial charge on any atom is -0.463 e. The maximum absolute atomic E-state index is 13.7. The average molecular weight is 547 g/mol. The predicted octanol–water partition coefficient (Wildman–Crippen LogP) is 5.25. The molecule has 0 amide bonds. The van der Waals surface area contributed by atoms with Crippen molar-refractivity contribution in [2.75, 3.05) is 0 Å². The number of ketones is 1. The molecule has 7 heteroatoms. The zero-order valence-corrected chi connectivity index (χ0v) is 25.3. The number of aliphatic hydroxyl groups is 2. The molecule has 1 saturated heterocycles. The number of carbonyl (C=O) groups is 2. The zero-order valence-electron chi connectivity index (χ0n) is 25.3. The fourth-order valence-corrected chi connectivity index (χ4v) is 9.77. The summed E-state index contributed by atoms with van der Waals surface area (Å²) in [5.41, 5.74) is -2.32. The zero-order chi connectivity index (χ0) is 28.8. The molecule has 1 heterocycles. The van der Waals surface area contributed by atoms with Crippen LogP contribution < -0.4 is 0 Å². The van der Waals surface area contributed by atoms with Crippen LogP contribution in [0.2, 0.25) is 0 Å². The molecule has 2 N–H and O–H groups in total. The number of carbonyl (C=O) groups excluding carboxylic acids is 2. The lowest BCUT2D eigenvalue weighted by Gasteiger charge is -2.60. The van der Waals surface area contributed by atoms with Crippen molar-refractivity contribution in [2.24, 2.45) is 28.6 Å². The predicted molar refractivity (Wildman–Crippen MR) is 147 cm³/mol. The SMILES string of the molecule is CC(=O)O[C@@H]1CC[C@@]2(C)[C@@H](C1)C(=O)C=C1[C@@H]2CC[C@]2(C)[C@@H]([C@@]3(C)OC(C)(C)O[C@@H]3CCC(C)(C)O)CC[C@@]12O. The van der Waals surface area contributed by atoms with Gasteiger partial charge >= 0.3 is 5.97 Å². The third kappa shape index (κ3) is 4.54. The van der Waals surface area contributed by atoms with E-state index in [1.807, 2.05) is 27.7 Å². The molecule has 0 spiro atoms. The summed E-state index contributed by atoms with van der Waals surface area (Å²) in [6.07, 6.45) is 7.88. The Bertz CT molecular complexity index is 1060. The van der Waals surface area contributed by atoms with E-state index in [1.54, 1.807) is 6.08 Å². The minimum atomic E-state index is -1.09. The number of ether oxygens (including phenoxy) is 3. The summed E-state index contributed by atoms with van der Waals surface area (Å²) in [5.74, 6) is -1.01. The van der Waals surface area contributed by atoms with E-state index >= 15 is 0 Å². The van der Waals surface area contributed by atoms with Crippen LogP contribution in [0, 0.1) is 28.6 Å². The van der Waals surface area contributed by atoms with Crippen LogP contribution in [0.4, 0.5) is 0 Å². The van der Waals surface area contributed by atoms with Crippen molar-refractivity contribution in [3.05, 3.63) is 11.6 Å². The molecule has 3 saturated carbocycles. The fraction of sp³-hybridized carbons (Fsp3) is 0.875. The lowest BCUT2D eigenvalue weighted by Crippen LogP contribution is -2.61. The molecule has 0 aromatic rings. The van der Waals surface area contributed by atoms with Crippen molar-refractivity contribution in [3.63, 3.8) is 0 Å². The van der Waals surface area contributed by atoms with Gasteiger partial charge in [-0.25, -0.2) is 0 Å². The van der Waals surface area contributed by atoms with E-state index in [-0.39, 0.29) is 47.1 Å². The molecular formula is C32H50O7. The van der Waals surface area contributed by atoms with Crippen molar-refractivity contribution in [1.29, 1.82) is 0 Å². The second-order valence-corrected chi connectivity index (χ2v) is 15.2. The number of fused-ring (bicyclic) bond motifs is 5. The number of hydrogen-bond acceptors (Lipinski definition) is 7. The van der Waals surface area contributed by atoms with E-state index in [0.717, 1.165) is 37.7 Å². The highest BCUT2D eigenvalue weighted by Gasteiger charge is 2.71. The Balaban J connectivity index is 1.47. The largest absolute Gasteiger partial charge is 0.463 e. The lowest BCUT2D eigenvalue weighted by atomic mass is 9.46. The van der Waals surface area contributed by atoms with Gasteiger partial charge in [-0.1, -0.05) is 13.8 Å². The van der Waals surface area contributed by atoms with Crippen LogP contribution in [0.3, 0.4) is 0 Å². The average Bonchev–Trinajstić information content (AvgIpc) is 3.22. The van der Waals surface area contributed by atoms with Crippen LogP contribution in [-0.2, 0) is 23.8 Å². The Morgan fingerprint density at radius 2 is 1.77 bits per heavy atom. The van der Waals surface area contributed by atoms with E-state index in [1.165, 1.54) is 6.92 Å². The van der Waals surface area contributed by atoms with Crippen LogP contribution in [0.5, 0.6) is 0 Å². The van der Waals surface area contributed by atoms with Crippen molar-refractivity contribution in [3.8, 4) is 0 Å². The number of hydrogen-bond donors (Lipinski definition) is 2. The van der Waals surface area contributed by atoms with E-state index in [0.29, 0.717) is 25.7 Å². The molecule has 0 radical (unpaired) electrons. The Morgan fingerprint density at radius 1 is 1.08 bits per heavy atom. The summed E-state index contributed by atoms with van der Waals surface area (Å²) in [7, 11) is 0. The monoisotopic (exact) mass is 546 g/mol. The minimum absolute atomic E-state index is 0.0331. The first-order valence-electron chi connectivity index (χ1n) is 15.1. The molecular weight excluding hydrogens is 496 g/mol. The number of rotatable bonds is 5. The highest BCUT2D eigenvalue weighted by molar-refractivity contribution is 5.95. The Hall–Kier alpha value is -1.28. The molecule has 0 aromatic heterocycles. The van der Waals surface area contributed by atoms with Gasteiger partial charge in [0.15, 0.2) is 11.6 Å². The normalized spacial score (nSPS) is 47.2. The highest BCUT2D eigenvalue weighted by Crippen LogP contribution is 2.70. The lowest BCUT2D eigenvalue weighted by molar-refractivity contribution is -0.190. The van der Waals surface area contributed by atoms with Gasteiger partial charge in [0.05, 0.1) is 22.9 Å².